The number of nitrogens with two attached hydrogens (primary N) is 1. The van der Waals surface area contributed by atoms with Crippen LogP contribution in [0.5, 0.6) is 0 Å². The molecule has 0 atom stereocenters. The quantitative estimate of drug-likeness (QED) is 0.712. The molecule has 2 nitrogen and oxygen atoms in total. The number of hydrogen-bond donors (Lipinski definition) is 1. The van der Waals surface area contributed by atoms with Gasteiger partial charge in [0.1, 0.15) is 5.82 Å². The van der Waals surface area contributed by atoms with Crippen LogP contribution in [0.3, 0.4) is 0 Å². The van der Waals surface area contributed by atoms with Crippen molar-refractivity contribution in [2.75, 3.05) is 5.73 Å². The first-order valence-electron chi connectivity index (χ1n) is 5.80. The van der Waals surface area contributed by atoms with Gasteiger partial charge in [-0.3, -0.25) is 4.98 Å². The summed E-state index contributed by atoms with van der Waals surface area (Å²) in [7, 11) is 0. The Morgan fingerprint density at radius 3 is 2.79 bits per heavy atom. The molecule has 3 rings (SSSR count). The molecule has 1 aromatic heterocycles. The molecule has 3 aromatic rings. The topological polar surface area (TPSA) is 38.9 Å². The molecule has 0 saturated carbocycles. The van der Waals surface area contributed by atoms with Crippen LogP contribution < -0.4 is 5.73 Å². The summed E-state index contributed by atoms with van der Waals surface area (Å²) in [5.74, 6) is -0.229. The predicted octanol–water partition coefficient (Wildman–Crippen LogP) is 4.11. The van der Waals surface area contributed by atoms with Gasteiger partial charge in [-0.25, -0.2) is 4.39 Å². The zero-order chi connectivity index (χ0) is 13.2. The number of rotatable bonds is 2. The minimum Gasteiger partial charge on any atom is -0.399 e. The lowest BCUT2D eigenvalue weighted by Gasteiger charge is -2.06. The largest absolute Gasteiger partial charge is 0.399 e. The first-order valence-corrected chi connectivity index (χ1v) is 6.62. The Morgan fingerprint density at radius 2 is 1.95 bits per heavy atom. The molecule has 0 aliphatic carbocycles. The van der Waals surface area contributed by atoms with Crippen LogP contribution in [0.1, 0.15) is 0 Å². The molecular formula is C15H11FN2S. The number of nitrogen functional groups attached to an aromatic ring is 1. The van der Waals surface area contributed by atoms with E-state index >= 15 is 0 Å². The smallest absolute Gasteiger partial charge is 0.124 e. The summed E-state index contributed by atoms with van der Waals surface area (Å²) in [5, 5.41) is 1.02. The lowest BCUT2D eigenvalue weighted by Crippen LogP contribution is -1.87. The highest BCUT2D eigenvalue weighted by Gasteiger charge is 2.05. The Labute approximate surface area is 114 Å². The zero-order valence-electron chi connectivity index (χ0n) is 10.0. The second kappa shape index (κ2) is 4.90. The minimum absolute atomic E-state index is 0.229. The molecule has 19 heavy (non-hydrogen) atoms. The molecule has 0 aliphatic heterocycles. The summed E-state index contributed by atoms with van der Waals surface area (Å²) in [4.78, 5) is 6.20. The van der Waals surface area contributed by atoms with Gasteiger partial charge in [-0.15, -0.1) is 0 Å². The van der Waals surface area contributed by atoms with Gasteiger partial charge in [0.15, 0.2) is 0 Å². The molecule has 2 aromatic carbocycles. The van der Waals surface area contributed by atoms with Gasteiger partial charge in [0.05, 0.1) is 5.52 Å². The van der Waals surface area contributed by atoms with E-state index < -0.39 is 0 Å². The van der Waals surface area contributed by atoms with Crippen LogP contribution in [-0.2, 0) is 0 Å². The standard InChI is InChI=1S/C15H11FN2S/c16-10-2-1-3-12(8-10)19-15-6-7-18-14-9-11(17)4-5-13(14)15/h1-9H,17H2. The molecule has 4 heteroatoms. The summed E-state index contributed by atoms with van der Waals surface area (Å²) in [6.45, 7) is 0. The Hall–Kier alpha value is -2.07. The SMILES string of the molecule is Nc1ccc2c(Sc3cccc(F)c3)ccnc2c1. The van der Waals surface area contributed by atoms with Gasteiger partial charge in [-0.2, -0.15) is 0 Å². The van der Waals surface area contributed by atoms with Gasteiger partial charge < -0.3 is 5.73 Å². The van der Waals surface area contributed by atoms with E-state index in [4.69, 9.17) is 5.73 Å². The van der Waals surface area contributed by atoms with E-state index in [0.29, 0.717) is 5.69 Å². The summed E-state index contributed by atoms with van der Waals surface area (Å²) >= 11 is 1.52. The van der Waals surface area contributed by atoms with Crippen LogP contribution in [0, 0.1) is 5.82 Å². The molecule has 1 heterocycles. The number of pyridine rings is 1. The number of anilines is 1. The molecule has 0 aliphatic rings. The van der Waals surface area contributed by atoms with Crippen LogP contribution in [0.15, 0.2) is 64.5 Å². The van der Waals surface area contributed by atoms with Gasteiger partial charge in [0.2, 0.25) is 0 Å². The van der Waals surface area contributed by atoms with Crippen LogP contribution in [-0.4, -0.2) is 4.98 Å². The molecule has 2 N–H and O–H groups in total. The summed E-state index contributed by atoms with van der Waals surface area (Å²) < 4.78 is 13.2. The molecule has 0 bridgehead atoms. The van der Waals surface area contributed by atoms with Crippen molar-refractivity contribution in [2.45, 2.75) is 9.79 Å². The number of nitrogens with zero attached hydrogens (tertiary/aromatic N) is 1. The molecule has 0 fully saturated rings. The van der Waals surface area contributed by atoms with Crippen molar-refractivity contribution < 1.29 is 4.39 Å². The maximum Gasteiger partial charge on any atom is 0.124 e. The molecule has 0 radical (unpaired) electrons. The van der Waals surface area contributed by atoms with Gasteiger partial charge in [0, 0.05) is 27.1 Å². The second-order valence-corrected chi connectivity index (χ2v) is 5.26. The molecular weight excluding hydrogens is 259 g/mol. The van der Waals surface area contributed by atoms with Gasteiger partial charge in [0.25, 0.3) is 0 Å². The number of halogens is 1. The average molecular weight is 270 g/mol. The lowest BCUT2D eigenvalue weighted by molar-refractivity contribution is 0.624. The van der Waals surface area contributed by atoms with Crippen molar-refractivity contribution in [1.29, 1.82) is 0 Å². The summed E-state index contributed by atoms with van der Waals surface area (Å²) in [6, 6.07) is 14.1. The van der Waals surface area contributed by atoms with E-state index in [1.54, 1.807) is 12.3 Å². The average Bonchev–Trinajstić information content (AvgIpc) is 2.38. The number of aromatic nitrogens is 1. The summed E-state index contributed by atoms with van der Waals surface area (Å²) in [6.07, 6.45) is 1.74. The lowest BCUT2D eigenvalue weighted by atomic mass is 10.2. The maximum atomic E-state index is 13.2. The molecule has 0 amide bonds. The minimum atomic E-state index is -0.229. The van der Waals surface area contributed by atoms with E-state index in [1.165, 1.54) is 23.9 Å². The highest BCUT2D eigenvalue weighted by Crippen LogP contribution is 2.33. The molecule has 94 valence electrons. The third-order valence-electron chi connectivity index (χ3n) is 2.75. The fourth-order valence-corrected chi connectivity index (χ4v) is 2.87. The second-order valence-electron chi connectivity index (χ2n) is 4.15. The maximum absolute atomic E-state index is 13.2. The highest BCUT2D eigenvalue weighted by molar-refractivity contribution is 7.99. The fourth-order valence-electron chi connectivity index (χ4n) is 1.89. The third-order valence-corrected chi connectivity index (χ3v) is 3.82. The van der Waals surface area contributed by atoms with Crippen LogP contribution in [0.4, 0.5) is 10.1 Å². The number of benzene rings is 2. The van der Waals surface area contributed by atoms with E-state index in [-0.39, 0.29) is 5.82 Å². The van der Waals surface area contributed by atoms with Crippen molar-refractivity contribution in [3.05, 3.63) is 60.5 Å². The number of hydrogen-bond acceptors (Lipinski definition) is 3. The van der Waals surface area contributed by atoms with Crippen molar-refractivity contribution in [3.63, 3.8) is 0 Å². The Kier molecular flexibility index (Phi) is 3.09. The van der Waals surface area contributed by atoms with Gasteiger partial charge in [-0.1, -0.05) is 17.8 Å². The van der Waals surface area contributed by atoms with Crippen LogP contribution in [0.25, 0.3) is 10.9 Å². The van der Waals surface area contributed by atoms with Gasteiger partial charge in [-0.05, 0) is 42.5 Å². The van der Waals surface area contributed by atoms with E-state index in [2.05, 4.69) is 4.98 Å². The van der Waals surface area contributed by atoms with Crippen molar-refractivity contribution in [3.8, 4) is 0 Å². The Morgan fingerprint density at radius 1 is 1.05 bits per heavy atom. The Bertz CT molecular complexity index is 743. The zero-order valence-corrected chi connectivity index (χ0v) is 10.8. The normalized spacial score (nSPS) is 10.8. The molecule has 0 saturated heterocycles. The highest BCUT2D eigenvalue weighted by atomic mass is 32.2. The van der Waals surface area contributed by atoms with Gasteiger partial charge >= 0.3 is 0 Å². The molecule has 0 unspecified atom stereocenters. The third kappa shape index (κ3) is 2.53. The monoisotopic (exact) mass is 270 g/mol. The van der Waals surface area contributed by atoms with Crippen molar-refractivity contribution in [1.82, 2.24) is 4.98 Å². The first-order chi connectivity index (χ1) is 9.22. The van der Waals surface area contributed by atoms with E-state index in [1.807, 2.05) is 30.3 Å². The Balaban J connectivity index is 2.06. The summed E-state index contributed by atoms with van der Waals surface area (Å²) in [5.41, 5.74) is 7.29. The van der Waals surface area contributed by atoms with Crippen LogP contribution >= 0.6 is 11.8 Å². The van der Waals surface area contributed by atoms with Crippen molar-refractivity contribution in [2.24, 2.45) is 0 Å². The van der Waals surface area contributed by atoms with Crippen molar-refractivity contribution >= 4 is 28.4 Å². The van der Waals surface area contributed by atoms with E-state index in [9.17, 15) is 4.39 Å². The van der Waals surface area contributed by atoms with E-state index in [0.717, 1.165) is 20.7 Å². The van der Waals surface area contributed by atoms with Crippen LogP contribution in [0.2, 0.25) is 0 Å². The first kappa shape index (κ1) is 12.0. The predicted molar refractivity (Wildman–Crippen MR) is 76.7 cm³/mol. The number of fused-ring (bicyclic) bond motifs is 1. The fraction of sp³-hybridized carbons (Fsp3) is 0. The molecule has 0 spiro atoms.